The molecule has 1 unspecified atom stereocenters. The van der Waals surface area contributed by atoms with Gasteiger partial charge in [0.2, 0.25) is 17.7 Å². The largest absolute Gasteiger partial charge is 0.345 e. The fourth-order valence-corrected chi connectivity index (χ4v) is 6.38. The lowest BCUT2D eigenvalue weighted by molar-refractivity contribution is -0.139. The molecule has 0 spiro atoms. The zero-order chi connectivity index (χ0) is 31.1. The van der Waals surface area contributed by atoms with Gasteiger partial charge >= 0.3 is 0 Å². The number of benzene rings is 2. The Bertz CT molecular complexity index is 1270. The van der Waals surface area contributed by atoms with Gasteiger partial charge in [-0.2, -0.15) is 0 Å². The van der Waals surface area contributed by atoms with Gasteiger partial charge in [-0.3, -0.25) is 19.2 Å². The Morgan fingerprint density at radius 1 is 0.907 bits per heavy atom. The fraction of sp³-hybridized carbons (Fsp3) is 0.486. The van der Waals surface area contributed by atoms with Crippen molar-refractivity contribution in [3.63, 3.8) is 0 Å². The second kappa shape index (κ2) is 14.5. The predicted molar refractivity (Wildman–Crippen MR) is 168 cm³/mol. The van der Waals surface area contributed by atoms with E-state index in [1.807, 2.05) is 105 Å². The normalized spacial score (nSPS) is 17.4. The van der Waals surface area contributed by atoms with E-state index in [4.69, 9.17) is 0 Å². The number of carbonyl (C=O) groups excluding carboxylic acids is 4. The number of carbonyl (C=O) groups is 4. The standard InChI is InChI=1S/C35H46N4O4/c1-24(2)39(25(3)4)35(43)30-22-29(34(42)38(26(30)5)21-13-20-37-19-12-18-32(37)41)23-31(40)36-33(27-14-8-6-9-15-27)28-16-10-7-11-17-28/h6-11,14-17,24-25,29,33H,12-13,18-23H2,1-5H3,(H,36,40). The Kier molecular flexibility index (Phi) is 10.8. The van der Waals surface area contributed by atoms with Crippen LogP contribution >= 0.6 is 0 Å². The topological polar surface area (TPSA) is 90.0 Å². The average Bonchev–Trinajstić information content (AvgIpc) is 3.39. The highest BCUT2D eigenvalue weighted by Crippen LogP contribution is 2.32. The maximum absolute atomic E-state index is 13.9. The molecule has 43 heavy (non-hydrogen) atoms. The Morgan fingerprint density at radius 2 is 1.49 bits per heavy atom. The molecule has 1 atom stereocenters. The summed E-state index contributed by atoms with van der Waals surface area (Å²) < 4.78 is 0. The molecule has 1 saturated heterocycles. The lowest BCUT2D eigenvalue weighted by Crippen LogP contribution is -2.48. The van der Waals surface area contributed by atoms with Crippen molar-refractivity contribution < 1.29 is 19.2 Å². The van der Waals surface area contributed by atoms with E-state index in [0.717, 1.165) is 24.1 Å². The Morgan fingerprint density at radius 3 is 2.00 bits per heavy atom. The van der Waals surface area contributed by atoms with E-state index < -0.39 is 5.92 Å². The molecule has 8 nitrogen and oxygen atoms in total. The van der Waals surface area contributed by atoms with Crippen molar-refractivity contribution in [1.29, 1.82) is 0 Å². The van der Waals surface area contributed by atoms with Crippen LogP contribution in [0.2, 0.25) is 0 Å². The molecule has 0 aromatic heterocycles. The third kappa shape index (κ3) is 7.72. The number of nitrogens with zero attached hydrogens (tertiary/aromatic N) is 3. The first-order valence-corrected chi connectivity index (χ1v) is 15.6. The summed E-state index contributed by atoms with van der Waals surface area (Å²) in [6, 6.07) is 19.2. The Labute approximate surface area is 256 Å². The van der Waals surface area contributed by atoms with Crippen molar-refractivity contribution in [2.45, 2.75) is 84.8 Å². The SMILES string of the molecule is CC1=C(C(=O)N(C(C)C)C(C)C)CC(CC(=O)NC(c2ccccc2)c2ccccc2)C(=O)N1CCCN1CCCC1=O. The zero-order valence-electron chi connectivity index (χ0n) is 26.2. The summed E-state index contributed by atoms with van der Waals surface area (Å²) in [7, 11) is 0. The van der Waals surface area contributed by atoms with Crippen LogP contribution in [0.3, 0.4) is 0 Å². The summed E-state index contributed by atoms with van der Waals surface area (Å²) in [5.41, 5.74) is 3.13. The molecule has 0 bridgehead atoms. The van der Waals surface area contributed by atoms with E-state index in [0.29, 0.717) is 37.2 Å². The maximum atomic E-state index is 13.9. The minimum atomic E-state index is -0.663. The van der Waals surface area contributed by atoms with Gasteiger partial charge in [-0.1, -0.05) is 60.7 Å². The molecule has 2 aromatic carbocycles. The first-order chi connectivity index (χ1) is 20.6. The summed E-state index contributed by atoms with van der Waals surface area (Å²) >= 11 is 0. The molecule has 2 aromatic rings. The minimum absolute atomic E-state index is 0.0145. The van der Waals surface area contributed by atoms with E-state index in [-0.39, 0.29) is 54.6 Å². The number of rotatable bonds is 12. The number of hydrogen-bond acceptors (Lipinski definition) is 4. The molecule has 0 saturated carbocycles. The van der Waals surface area contributed by atoms with Gasteiger partial charge in [0.05, 0.1) is 12.0 Å². The van der Waals surface area contributed by atoms with Crippen LogP contribution < -0.4 is 5.32 Å². The molecule has 0 radical (unpaired) electrons. The van der Waals surface area contributed by atoms with Crippen LogP contribution in [0.15, 0.2) is 71.9 Å². The smallest absolute Gasteiger partial charge is 0.252 e. The van der Waals surface area contributed by atoms with Crippen LogP contribution in [-0.2, 0) is 19.2 Å². The minimum Gasteiger partial charge on any atom is -0.345 e. The molecule has 2 aliphatic heterocycles. The highest BCUT2D eigenvalue weighted by Gasteiger charge is 2.38. The maximum Gasteiger partial charge on any atom is 0.252 e. The highest BCUT2D eigenvalue weighted by molar-refractivity contribution is 5.99. The van der Waals surface area contributed by atoms with Gasteiger partial charge < -0.3 is 20.0 Å². The predicted octanol–water partition coefficient (Wildman–Crippen LogP) is 5.06. The van der Waals surface area contributed by atoms with Crippen molar-refractivity contribution in [2.24, 2.45) is 5.92 Å². The molecular weight excluding hydrogens is 540 g/mol. The quantitative estimate of drug-likeness (QED) is 0.376. The van der Waals surface area contributed by atoms with Gasteiger partial charge in [-0.15, -0.1) is 0 Å². The lowest BCUT2D eigenvalue weighted by Gasteiger charge is -2.38. The van der Waals surface area contributed by atoms with E-state index in [2.05, 4.69) is 5.32 Å². The molecule has 1 N–H and O–H groups in total. The van der Waals surface area contributed by atoms with Crippen molar-refractivity contribution in [3.8, 4) is 0 Å². The van der Waals surface area contributed by atoms with E-state index in [1.165, 1.54) is 0 Å². The van der Waals surface area contributed by atoms with Gasteiger partial charge in [0, 0.05) is 55.8 Å². The molecular formula is C35H46N4O4. The van der Waals surface area contributed by atoms with Gasteiger partial charge in [0.15, 0.2) is 0 Å². The summed E-state index contributed by atoms with van der Waals surface area (Å²) in [6.07, 6.45) is 2.24. The van der Waals surface area contributed by atoms with Gasteiger partial charge in [-0.05, 0) is 65.0 Å². The highest BCUT2D eigenvalue weighted by atomic mass is 16.2. The molecule has 2 heterocycles. The van der Waals surface area contributed by atoms with Crippen LogP contribution in [0.4, 0.5) is 0 Å². The van der Waals surface area contributed by atoms with Crippen molar-refractivity contribution in [3.05, 3.63) is 83.1 Å². The summed E-state index contributed by atoms with van der Waals surface area (Å²) in [5, 5.41) is 3.17. The molecule has 4 amide bonds. The molecule has 8 heteroatoms. The number of likely N-dealkylation sites (tertiary alicyclic amines) is 1. The van der Waals surface area contributed by atoms with Crippen molar-refractivity contribution in [1.82, 2.24) is 20.0 Å². The van der Waals surface area contributed by atoms with Crippen LogP contribution in [0.5, 0.6) is 0 Å². The third-order valence-electron chi connectivity index (χ3n) is 8.50. The lowest BCUT2D eigenvalue weighted by atomic mass is 9.87. The van der Waals surface area contributed by atoms with Gasteiger partial charge in [0.1, 0.15) is 0 Å². The third-order valence-corrected chi connectivity index (χ3v) is 8.50. The average molecular weight is 587 g/mol. The Hall–Kier alpha value is -3.94. The fourth-order valence-electron chi connectivity index (χ4n) is 6.38. The number of amides is 4. The number of hydrogen-bond donors (Lipinski definition) is 1. The van der Waals surface area contributed by atoms with Crippen molar-refractivity contribution in [2.75, 3.05) is 19.6 Å². The van der Waals surface area contributed by atoms with E-state index in [9.17, 15) is 19.2 Å². The van der Waals surface area contributed by atoms with Gasteiger partial charge in [0.25, 0.3) is 5.91 Å². The zero-order valence-corrected chi connectivity index (χ0v) is 26.2. The first kappa shape index (κ1) is 32.0. The van der Waals surface area contributed by atoms with Crippen LogP contribution in [-0.4, -0.2) is 70.0 Å². The second-order valence-electron chi connectivity index (χ2n) is 12.2. The molecule has 0 aliphatic carbocycles. The van der Waals surface area contributed by atoms with Crippen molar-refractivity contribution >= 4 is 23.6 Å². The van der Waals surface area contributed by atoms with E-state index >= 15 is 0 Å². The number of allylic oxidation sites excluding steroid dienone is 1. The van der Waals surface area contributed by atoms with Gasteiger partial charge in [-0.25, -0.2) is 0 Å². The Balaban J connectivity index is 1.57. The second-order valence-corrected chi connectivity index (χ2v) is 12.2. The molecule has 2 aliphatic rings. The molecule has 4 rings (SSSR count). The number of nitrogens with one attached hydrogen (secondary N) is 1. The first-order valence-electron chi connectivity index (χ1n) is 15.6. The van der Waals surface area contributed by atoms with Crippen LogP contribution in [0.25, 0.3) is 0 Å². The molecule has 230 valence electrons. The van der Waals surface area contributed by atoms with Crippen LogP contribution in [0, 0.1) is 5.92 Å². The van der Waals surface area contributed by atoms with E-state index in [1.54, 1.807) is 4.90 Å². The molecule has 1 fully saturated rings. The van der Waals surface area contributed by atoms with Crippen LogP contribution in [0.1, 0.15) is 83.9 Å². The summed E-state index contributed by atoms with van der Waals surface area (Å²) in [4.78, 5) is 58.9. The summed E-state index contributed by atoms with van der Waals surface area (Å²) in [5.74, 6) is -0.988. The summed E-state index contributed by atoms with van der Waals surface area (Å²) in [6.45, 7) is 11.5. The monoisotopic (exact) mass is 586 g/mol.